The highest BCUT2D eigenvalue weighted by Gasteiger charge is 2.62. The van der Waals surface area contributed by atoms with E-state index in [1.54, 1.807) is 19.9 Å². The molecule has 0 saturated heterocycles. The molecule has 2 heterocycles. The third kappa shape index (κ3) is 5.12. The molecule has 1 saturated carbocycles. The number of hydrogen-bond acceptors (Lipinski definition) is 6. The van der Waals surface area contributed by atoms with E-state index in [1.807, 2.05) is 80.3 Å². The first kappa shape index (κ1) is 26.2. The molecule has 208 valence electrons. The highest BCUT2D eigenvalue weighted by Crippen LogP contribution is 2.52. The largest absolute Gasteiger partial charge is 0.485 e. The molecule has 3 aliphatic rings. The van der Waals surface area contributed by atoms with Gasteiger partial charge in [0.25, 0.3) is 0 Å². The summed E-state index contributed by atoms with van der Waals surface area (Å²) in [6, 6.07) is 21.7. The summed E-state index contributed by atoms with van der Waals surface area (Å²) < 4.78 is 23.7. The molecule has 7 nitrogen and oxygen atoms in total. The van der Waals surface area contributed by atoms with Crippen molar-refractivity contribution < 1.29 is 28.5 Å². The molecule has 0 radical (unpaired) electrons. The minimum atomic E-state index is -1.00. The van der Waals surface area contributed by atoms with Crippen LogP contribution in [0, 0.1) is 0 Å². The molecule has 1 spiro atoms. The lowest BCUT2D eigenvalue weighted by molar-refractivity contribution is -0.127. The van der Waals surface area contributed by atoms with Gasteiger partial charge in [0.2, 0.25) is 5.79 Å². The van der Waals surface area contributed by atoms with Crippen molar-refractivity contribution in [2.24, 2.45) is 0 Å². The number of carbonyl (C=O) groups excluding carboxylic acids is 2. The van der Waals surface area contributed by atoms with Crippen LogP contribution >= 0.6 is 0 Å². The van der Waals surface area contributed by atoms with Crippen LogP contribution in [0.4, 0.5) is 4.79 Å². The molecule has 6 rings (SSSR count). The smallest absolute Gasteiger partial charge is 0.410 e. The first-order valence-corrected chi connectivity index (χ1v) is 13.8. The lowest BCUT2D eigenvalue weighted by Gasteiger charge is -2.33. The van der Waals surface area contributed by atoms with Gasteiger partial charge in [0, 0.05) is 26.8 Å². The predicted octanol–water partition coefficient (Wildman–Crippen LogP) is 6.91. The summed E-state index contributed by atoms with van der Waals surface area (Å²) >= 11 is 0. The lowest BCUT2D eigenvalue weighted by Crippen LogP contribution is -2.43. The van der Waals surface area contributed by atoms with Crippen LogP contribution in [0.1, 0.15) is 68.9 Å². The van der Waals surface area contributed by atoms with E-state index in [0.29, 0.717) is 17.9 Å². The highest BCUT2D eigenvalue weighted by molar-refractivity contribution is 5.94. The van der Waals surface area contributed by atoms with Gasteiger partial charge in [-0.2, -0.15) is 0 Å². The van der Waals surface area contributed by atoms with Crippen LogP contribution in [0.2, 0.25) is 0 Å². The van der Waals surface area contributed by atoms with Crippen LogP contribution in [-0.4, -0.2) is 40.0 Å². The molecule has 2 aliphatic heterocycles. The van der Waals surface area contributed by atoms with E-state index in [9.17, 15) is 9.59 Å². The number of rotatable bonds is 4. The highest BCUT2D eigenvalue weighted by atomic mass is 16.7. The maximum absolute atomic E-state index is 13.3. The van der Waals surface area contributed by atoms with Gasteiger partial charge in [-0.25, -0.2) is 9.59 Å². The second-order valence-electron chi connectivity index (χ2n) is 12.4. The first-order valence-electron chi connectivity index (χ1n) is 13.8. The molecule has 2 atom stereocenters. The molecule has 0 bridgehead atoms. The van der Waals surface area contributed by atoms with E-state index in [4.69, 9.17) is 18.9 Å². The third-order valence-corrected chi connectivity index (χ3v) is 7.61. The molecule has 3 aromatic carbocycles. The molecule has 0 unspecified atom stereocenters. The fourth-order valence-electron chi connectivity index (χ4n) is 5.63. The molecule has 1 amide bonds. The molecule has 3 aromatic rings. The fourth-order valence-corrected chi connectivity index (χ4v) is 5.63. The Morgan fingerprint density at radius 1 is 0.950 bits per heavy atom. The Bertz CT molecular complexity index is 1470. The topological polar surface area (TPSA) is 74.3 Å². The van der Waals surface area contributed by atoms with Crippen molar-refractivity contribution >= 4 is 12.1 Å². The van der Waals surface area contributed by atoms with E-state index in [-0.39, 0.29) is 18.1 Å². The number of esters is 1. The molecular formula is C33H35NO6. The van der Waals surface area contributed by atoms with Crippen molar-refractivity contribution in [3.63, 3.8) is 0 Å². The van der Waals surface area contributed by atoms with E-state index in [1.165, 1.54) is 0 Å². The summed E-state index contributed by atoms with van der Waals surface area (Å²) in [5.41, 5.74) is 3.59. The zero-order chi connectivity index (χ0) is 28.3. The number of carbonyl (C=O) groups is 2. The number of fused-ring (bicyclic) bond motifs is 2. The van der Waals surface area contributed by atoms with E-state index >= 15 is 0 Å². The summed E-state index contributed by atoms with van der Waals surface area (Å²) in [5.74, 6) is -0.0167. The summed E-state index contributed by atoms with van der Waals surface area (Å²) in [6.07, 6.45) is 2.11. The monoisotopic (exact) mass is 541 g/mol. The van der Waals surface area contributed by atoms with Gasteiger partial charge in [-0.15, -0.1) is 0 Å². The molecule has 0 N–H and O–H groups in total. The van der Waals surface area contributed by atoms with Crippen molar-refractivity contribution in [2.45, 2.75) is 83.5 Å². The van der Waals surface area contributed by atoms with Gasteiger partial charge >= 0.3 is 12.1 Å². The standard InChI is InChI=1S/C33H35NO6/c1-31(2,3)40-30(36)34(20-21-9-7-6-8-10-21)28-19-33(28)16-15-24-17-22(12-14-26(24)38-33)23-11-13-25-27(18-23)37-32(4,5)39-29(25)35/h6-14,17-18,28H,15-16,19-20H2,1-5H3/t28-,33-/m1/s1. The second kappa shape index (κ2) is 9.29. The Balaban J connectivity index is 1.22. The molecule has 40 heavy (non-hydrogen) atoms. The number of amides is 1. The van der Waals surface area contributed by atoms with Gasteiger partial charge < -0.3 is 18.9 Å². The van der Waals surface area contributed by atoms with Gasteiger partial charge in [0.05, 0.1) is 6.04 Å². The predicted molar refractivity (Wildman–Crippen MR) is 150 cm³/mol. The fraction of sp³-hybridized carbons (Fsp3) is 0.394. The van der Waals surface area contributed by atoms with Gasteiger partial charge in [-0.1, -0.05) is 42.5 Å². The molecule has 1 aliphatic carbocycles. The van der Waals surface area contributed by atoms with Crippen molar-refractivity contribution in [1.82, 2.24) is 4.90 Å². The van der Waals surface area contributed by atoms with Crippen molar-refractivity contribution in [3.8, 4) is 22.6 Å². The number of cyclic esters (lactones) is 1. The first-order chi connectivity index (χ1) is 18.9. The van der Waals surface area contributed by atoms with Crippen LogP contribution in [0.5, 0.6) is 11.5 Å². The zero-order valence-corrected chi connectivity index (χ0v) is 23.7. The number of ether oxygens (including phenoxy) is 4. The second-order valence-corrected chi connectivity index (χ2v) is 12.4. The van der Waals surface area contributed by atoms with Crippen LogP contribution < -0.4 is 9.47 Å². The molecular weight excluding hydrogens is 506 g/mol. The Labute approximate surface area is 235 Å². The van der Waals surface area contributed by atoms with Crippen molar-refractivity contribution in [1.29, 1.82) is 0 Å². The van der Waals surface area contributed by atoms with Gasteiger partial charge in [0.15, 0.2) is 0 Å². The van der Waals surface area contributed by atoms with Gasteiger partial charge in [0.1, 0.15) is 28.3 Å². The summed E-state index contributed by atoms with van der Waals surface area (Å²) in [4.78, 5) is 27.5. The minimum absolute atomic E-state index is 0.0590. The van der Waals surface area contributed by atoms with Crippen LogP contribution in [-0.2, 0) is 22.4 Å². The Morgan fingerprint density at radius 3 is 2.42 bits per heavy atom. The number of nitrogens with zero attached hydrogens (tertiary/aromatic N) is 1. The Morgan fingerprint density at radius 2 is 1.68 bits per heavy atom. The minimum Gasteiger partial charge on any atom is -0.485 e. The number of benzene rings is 3. The average molecular weight is 542 g/mol. The van der Waals surface area contributed by atoms with Crippen LogP contribution in [0.25, 0.3) is 11.1 Å². The lowest BCUT2D eigenvalue weighted by atomic mass is 9.95. The summed E-state index contributed by atoms with van der Waals surface area (Å²) in [5, 5.41) is 0. The van der Waals surface area contributed by atoms with E-state index < -0.39 is 17.0 Å². The van der Waals surface area contributed by atoms with Gasteiger partial charge in [-0.3, -0.25) is 4.90 Å². The van der Waals surface area contributed by atoms with E-state index in [0.717, 1.165) is 47.3 Å². The molecule has 7 heteroatoms. The SMILES string of the molecule is CC(C)(C)OC(=O)N(Cc1ccccc1)[C@@H]1C[C@]12CCc1cc(-c3ccc4c(c3)OC(C)(C)OC4=O)ccc1O2. The van der Waals surface area contributed by atoms with Gasteiger partial charge in [-0.05, 0) is 80.1 Å². The maximum atomic E-state index is 13.3. The summed E-state index contributed by atoms with van der Waals surface area (Å²) in [6.45, 7) is 9.59. The van der Waals surface area contributed by atoms with Crippen molar-refractivity contribution in [2.75, 3.05) is 0 Å². The quantitative estimate of drug-likeness (QED) is 0.334. The van der Waals surface area contributed by atoms with Crippen LogP contribution in [0.15, 0.2) is 66.7 Å². The Kier molecular flexibility index (Phi) is 6.09. The van der Waals surface area contributed by atoms with Crippen LogP contribution in [0.3, 0.4) is 0 Å². The van der Waals surface area contributed by atoms with E-state index in [2.05, 4.69) is 6.07 Å². The number of aryl methyl sites for hydroxylation is 1. The molecule has 1 fully saturated rings. The normalized spacial score (nSPS) is 22.2. The van der Waals surface area contributed by atoms with Crippen molar-refractivity contribution in [3.05, 3.63) is 83.4 Å². The maximum Gasteiger partial charge on any atom is 0.410 e. The summed E-state index contributed by atoms with van der Waals surface area (Å²) in [7, 11) is 0. The Hall–Kier alpha value is -4.00. The number of hydrogen-bond donors (Lipinski definition) is 0. The third-order valence-electron chi connectivity index (χ3n) is 7.61. The zero-order valence-electron chi connectivity index (χ0n) is 23.7. The average Bonchev–Trinajstić information content (AvgIpc) is 3.57. The molecule has 0 aromatic heterocycles.